The molecule has 5 nitrogen and oxygen atoms in total. The highest BCUT2D eigenvalue weighted by atomic mass is 35.5. The summed E-state index contributed by atoms with van der Waals surface area (Å²) in [7, 11) is 0. The van der Waals surface area contributed by atoms with Crippen LogP contribution in [0, 0.1) is 0 Å². The Morgan fingerprint density at radius 2 is 2.29 bits per heavy atom. The molecule has 1 N–H and O–H groups in total. The van der Waals surface area contributed by atoms with Gasteiger partial charge in [-0.1, -0.05) is 23.7 Å². The van der Waals surface area contributed by atoms with E-state index >= 15 is 0 Å². The second-order valence-electron chi connectivity index (χ2n) is 5.12. The number of halogens is 1. The highest BCUT2D eigenvalue weighted by Crippen LogP contribution is 2.30. The van der Waals surface area contributed by atoms with Crippen LogP contribution in [0.1, 0.15) is 17.4 Å². The Balaban J connectivity index is 1.92. The zero-order valence-corrected chi connectivity index (χ0v) is 12.4. The lowest BCUT2D eigenvalue weighted by atomic mass is 10.1. The van der Waals surface area contributed by atoms with Crippen molar-refractivity contribution in [3.05, 3.63) is 41.4 Å². The molecule has 1 aliphatic heterocycles. The first-order chi connectivity index (χ1) is 10.2. The normalized spacial score (nSPS) is 18.8. The molecule has 0 radical (unpaired) electrons. The standard InChI is InChI=1S/C15H16ClN3O2/c1-10-8-19(7-6-17-10)15(20)13-14(21-9-18-13)11-4-2-3-5-12(11)16/h2-5,9-10,17H,6-8H2,1H3. The fraction of sp³-hybridized carbons (Fsp3) is 0.333. The van der Waals surface area contributed by atoms with Gasteiger partial charge in [-0.15, -0.1) is 0 Å². The average Bonchev–Trinajstić information content (AvgIpc) is 2.96. The molecule has 1 atom stereocenters. The van der Waals surface area contributed by atoms with Crippen LogP contribution in [0.15, 0.2) is 35.1 Å². The van der Waals surface area contributed by atoms with Crippen molar-refractivity contribution in [3.63, 3.8) is 0 Å². The number of hydrogen-bond donors (Lipinski definition) is 1. The number of rotatable bonds is 2. The van der Waals surface area contributed by atoms with E-state index in [0.717, 1.165) is 6.54 Å². The second-order valence-corrected chi connectivity index (χ2v) is 5.52. The third-order valence-electron chi connectivity index (χ3n) is 3.54. The number of hydrogen-bond acceptors (Lipinski definition) is 4. The third-order valence-corrected chi connectivity index (χ3v) is 3.87. The highest BCUT2D eigenvalue weighted by molar-refractivity contribution is 6.33. The van der Waals surface area contributed by atoms with Crippen molar-refractivity contribution in [1.29, 1.82) is 0 Å². The summed E-state index contributed by atoms with van der Waals surface area (Å²) in [5.41, 5.74) is 1.00. The fourth-order valence-corrected chi connectivity index (χ4v) is 2.72. The van der Waals surface area contributed by atoms with E-state index in [-0.39, 0.29) is 11.9 Å². The molecule has 1 fully saturated rings. The molecule has 1 aromatic carbocycles. The number of nitrogens with one attached hydrogen (secondary N) is 1. The molecule has 1 aliphatic rings. The van der Waals surface area contributed by atoms with Crippen LogP contribution in [0.4, 0.5) is 0 Å². The molecular weight excluding hydrogens is 290 g/mol. The lowest BCUT2D eigenvalue weighted by molar-refractivity contribution is 0.0704. The molecule has 0 spiro atoms. The van der Waals surface area contributed by atoms with Crippen LogP contribution in [-0.2, 0) is 0 Å². The predicted molar refractivity (Wildman–Crippen MR) is 80.3 cm³/mol. The Morgan fingerprint density at radius 1 is 1.48 bits per heavy atom. The SMILES string of the molecule is CC1CN(C(=O)c2ncoc2-c2ccccc2Cl)CCN1. The minimum atomic E-state index is -0.119. The molecule has 0 aliphatic carbocycles. The molecule has 1 aromatic heterocycles. The van der Waals surface area contributed by atoms with E-state index in [1.54, 1.807) is 11.0 Å². The van der Waals surface area contributed by atoms with Crippen molar-refractivity contribution in [3.8, 4) is 11.3 Å². The molecule has 110 valence electrons. The van der Waals surface area contributed by atoms with E-state index < -0.39 is 0 Å². The molecule has 1 amide bonds. The monoisotopic (exact) mass is 305 g/mol. The van der Waals surface area contributed by atoms with Crippen LogP contribution in [-0.4, -0.2) is 41.5 Å². The maximum atomic E-state index is 12.6. The maximum absolute atomic E-state index is 12.6. The first-order valence-corrected chi connectivity index (χ1v) is 7.25. The van der Waals surface area contributed by atoms with Gasteiger partial charge in [0.05, 0.1) is 5.02 Å². The summed E-state index contributed by atoms with van der Waals surface area (Å²) in [4.78, 5) is 18.5. The zero-order valence-electron chi connectivity index (χ0n) is 11.7. The zero-order chi connectivity index (χ0) is 14.8. The van der Waals surface area contributed by atoms with Gasteiger partial charge in [-0.2, -0.15) is 0 Å². The lowest BCUT2D eigenvalue weighted by Crippen LogP contribution is -2.51. The fourth-order valence-electron chi connectivity index (χ4n) is 2.50. The van der Waals surface area contributed by atoms with Gasteiger partial charge in [0.2, 0.25) is 0 Å². The van der Waals surface area contributed by atoms with Gasteiger partial charge in [0.1, 0.15) is 0 Å². The Bertz CT molecular complexity index is 656. The Kier molecular flexibility index (Phi) is 3.94. The molecule has 1 saturated heterocycles. The van der Waals surface area contributed by atoms with Crippen LogP contribution in [0.2, 0.25) is 5.02 Å². The van der Waals surface area contributed by atoms with Crippen LogP contribution in [0.3, 0.4) is 0 Å². The molecular formula is C15H16ClN3O2. The van der Waals surface area contributed by atoms with E-state index in [4.69, 9.17) is 16.0 Å². The molecule has 0 saturated carbocycles. The van der Waals surface area contributed by atoms with E-state index in [2.05, 4.69) is 17.2 Å². The first-order valence-electron chi connectivity index (χ1n) is 6.88. The van der Waals surface area contributed by atoms with Crippen molar-refractivity contribution in [2.75, 3.05) is 19.6 Å². The molecule has 2 aromatic rings. The number of aromatic nitrogens is 1. The third kappa shape index (κ3) is 2.80. The minimum absolute atomic E-state index is 0.119. The predicted octanol–water partition coefficient (Wildman–Crippen LogP) is 2.43. The Labute approximate surface area is 127 Å². The largest absolute Gasteiger partial charge is 0.443 e. The van der Waals surface area contributed by atoms with Crippen LogP contribution in [0.5, 0.6) is 0 Å². The maximum Gasteiger partial charge on any atom is 0.276 e. The Hall–Kier alpha value is -1.85. The summed E-state index contributed by atoms with van der Waals surface area (Å²) < 4.78 is 5.41. The summed E-state index contributed by atoms with van der Waals surface area (Å²) in [6.45, 7) is 4.16. The quantitative estimate of drug-likeness (QED) is 0.926. The van der Waals surface area contributed by atoms with Gasteiger partial charge < -0.3 is 14.6 Å². The number of nitrogens with zero attached hydrogens (tertiary/aromatic N) is 2. The van der Waals surface area contributed by atoms with Gasteiger partial charge in [0.15, 0.2) is 17.8 Å². The van der Waals surface area contributed by atoms with Crippen LogP contribution < -0.4 is 5.32 Å². The number of oxazole rings is 1. The molecule has 2 heterocycles. The van der Waals surface area contributed by atoms with E-state index in [9.17, 15) is 4.79 Å². The molecule has 3 rings (SSSR count). The van der Waals surface area contributed by atoms with Gasteiger partial charge in [-0.25, -0.2) is 4.98 Å². The summed E-state index contributed by atoms with van der Waals surface area (Å²) in [5.74, 6) is 0.309. The van der Waals surface area contributed by atoms with E-state index in [1.165, 1.54) is 6.39 Å². The number of carbonyl (C=O) groups is 1. The molecule has 1 unspecified atom stereocenters. The second kappa shape index (κ2) is 5.87. The average molecular weight is 306 g/mol. The van der Waals surface area contributed by atoms with Crippen molar-refractivity contribution >= 4 is 17.5 Å². The lowest BCUT2D eigenvalue weighted by Gasteiger charge is -2.31. The summed E-state index contributed by atoms with van der Waals surface area (Å²) in [6, 6.07) is 7.55. The summed E-state index contributed by atoms with van der Waals surface area (Å²) in [5, 5.41) is 3.85. The van der Waals surface area contributed by atoms with Crippen molar-refractivity contribution in [1.82, 2.24) is 15.2 Å². The first kappa shape index (κ1) is 14.1. The van der Waals surface area contributed by atoms with Crippen LogP contribution >= 0.6 is 11.6 Å². The minimum Gasteiger partial charge on any atom is -0.443 e. The topological polar surface area (TPSA) is 58.4 Å². The number of carbonyl (C=O) groups excluding carboxylic acids is 1. The molecule has 0 bridgehead atoms. The molecule has 21 heavy (non-hydrogen) atoms. The highest BCUT2D eigenvalue weighted by Gasteiger charge is 2.27. The van der Waals surface area contributed by atoms with E-state index in [1.807, 2.05) is 18.2 Å². The molecule has 6 heteroatoms. The number of benzene rings is 1. The number of piperazine rings is 1. The smallest absolute Gasteiger partial charge is 0.276 e. The summed E-state index contributed by atoms with van der Waals surface area (Å²) in [6.07, 6.45) is 1.29. The van der Waals surface area contributed by atoms with E-state index in [0.29, 0.717) is 35.1 Å². The number of amides is 1. The van der Waals surface area contributed by atoms with Crippen molar-refractivity contribution < 1.29 is 9.21 Å². The summed E-state index contributed by atoms with van der Waals surface area (Å²) >= 11 is 6.18. The van der Waals surface area contributed by atoms with Gasteiger partial charge in [-0.3, -0.25) is 4.79 Å². The van der Waals surface area contributed by atoms with Gasteiger partial charge in [-0.05, 0) is 19.1 Å². The van der Waals surface area contributed by atoms with Gasteiger partial charge in [0.25, 0.3) is 5.91 Å². The Morgan fingerprint density at radius 3 is 3.05 bits per heavy atom. The van der Waals surface area contributed by atoms with Crippen molar-refractivity contribution in [2.24, 2.45) is 0 Å². The van der Waals surface area contributed by atoms with Gasteiger partial charge in [0, 0.05) is 31.2 Å². The van der Waals surface area contributed by atoms with Crippen LogP contribution in [0.25, 0.3) is 11.3 Å². The van der Waals surface area contributed by atoms with Gasteiger partial charge >= 0.3 is 0 Å². The van der Waals surface area contributed by atoms with Crippen molar-refractivity contribution in [2.45, 2.75) is 13.0 Å².